The van der Waals surface area contributed by atoms with Crippen LogP contribution in [0.15, 0.2) is 48.7 Å². The van der Waals surface area contributed by atoms with Gasteiger partial charge in [0.05, 0.1) is 6.20 Å². The van der Waals surface area contributed by atoms with E-state index in [2.05, 4.69) is 15.5 Å². The first-order chi connectivity index (χ1) is 13.2. The van der Waals surface area contributed by atoms with Crippen molar-refractivity contribution in [3.63, 3.8) is 0 Å². The summed E-state index contributed by atoms with van der Waals surface area (Å²) in [7, 11) is 0. The molecule has 1 aromatic heterocycles. The maximum atomic E-state index is 12.7. The van der Waals surface area contributed by atoms with E-state index in [0.29, 0.717) is 22.3 Å². The molecule has 3 aromatic rings. The van der Waals surface area contributed by atoms with Gasteiger partial charge in [-0.3, -0.25) is 9.89 Å². The largest absolute Gasteiger partial charge is 0.454 e. The van der Waals surface area contributed by atoms with Gasteiger partial charge in [0.15, 0.2) is 11.5 Å². The average molecular weight is 382 g/mol. The highest BCUT2D eigenvalue weighted by Gasteiger charge is 2.45. The highest BCUT2D eigenvalue weighted by molar-refractivity contribution is 6.31. The highest BCUT2D eigenvalue weighted by Crippen LogP contribution is 2.50. The number of hydrogen-bond donors (Lipinski definition) is 2. The summed E-state index contributed by atoms with van der Waals surface area (Å²) >= 11 is 6.25. The maximum Gasteiger partial charge on any atom is 0.231 e. The summed E-state index contributed by atoms with van der Waals surface area (Å²) in [5.41, 5.74) is 2.72. The molecule has 2 atom stereocenters. The van der Waals surface area contributed by atoms with Crippen LogP contribution in [0.4, 0.5) is 5.82 Å². The fraction of sp³-hybridized carbons (Fsp3) is 0.200. The molecule has 136 valence electrons. The van der Waals surface area contributed by atoms with Gasteiger partial charge in [-0.05, 0) is 41.7 Å². The second kappa shape index (κ2) is 6.32. The molecular weight excluding hydrogens is 366 g/mol. The van der Waals surface area contributed by atoms with Crippen LogP contribution in [0.3, 0.4) is 0 Å². The first kappa shape index (κ1) is 16.2. The van der Waals surface area contributed by atoms with E-state index in [4.69, 9.17) is 21.1 Å². The van der Waals surface area contributed by atoms with E-state index >= 15 is 0 Å². The molecule has 0 spiro atoms. The van der Waals surface area contributed by atoms with E-state index < -0.39 is 0 Å². The number of rotatable bonds is 4. The van der Waals surface area contributed by atoms with Crippen molar-refractivity contribution in [1.82, 2.24) is 10.2 Å². The summed E-state index contributed by atoms with van der Waals surface area (Å²) in [6.45, 7) is 0.221. The minimum atomic E-state index is -0.0854. The van der Waals surface area contributed by atoms with Gasteiger partial charge in [-0.25, -0.2) is 0 Å². The van der Waals surface area contributed by atoms with Crippen LogP contribution in [0.5, 0.6) is 11.5 Å². The van der Waals surface area contributed by atoms with Gasteiger partial charge >= 0.3 is 0 Å². The van der Waals surface area contributed by atoms with Crippen LogP contribution in [-0.2, 0) is 4.79 Å². The smallest absolute Gasteiger partial charge is 0.231 e. The summed E-state index contributed by atoms with van der Waals surface area (Å²) in [5.74, 6) is 2.02. The third kappa shape index (κ3) is 2.92. The van der Waals surface area contributed by atoms with Crippen molar-refractivity contribution in [2.24, 2.45) is 5.92 Å². The van der Waals surface area contributed by atoms with Gasteiger partial charge in [0.25, 0.3) is 0 Å². The molecular formula is C20H16ClN3O3. The minimum Gasteiger partial charge on any atom is -0.454 e. The zero-order chi connectivity index (χ0) is 18.4. The van der Waals surface area contributed by atoms with Crippen molar-refractivity contribution in [1.29, 1.82) is 0 Å². The van der Waals surface area contributed by atoms with E-state index in [1.807, 2.05) is 42.5 Å². The molecule has 7 heteroatoms. The molecule has 2 N–H and O–H groups in total. The number of ether oxygens (including phenoxy) is 2. The average Bonchev–Trinajstić information content (AvgIpc) is 3.10. The van der Waals surface area contributed by atoms with Crippen LogP contribution in [0.1, 0.15) is 17.9 Å². The number of nitrogens with one attached hydrogen (secondary N) is 2. The Morgan fingerprint density at radius 2 is 2.04 bits per heavy atom. The van der Waals surface area contributed by atoms with Crippen molar-refractivity contribution in [3.8, 4) is 22.6 Å². The van der Waals surface area contributed by atoms with Gasteiger partial charge in [0, 0.05) is 16.5 Å². The summed E-state index contributed by atoms with van der Waals surface area (Å²) in [6, 6.07) is 13.3. The van der Waals surface area contributed by atoms with Crippen molar-refractivity contribution in [2.75, 3.05) is 12.1 Å². The molecule has 0 radical (unpaired) electrons. The topological polar surface area (TPSA) is 76.2 Å². The number of H-pyrrole nitrogens is 1. The second-order valence-electron chi connectivity index (χ2n) is 6.69. The molecule has 1 aliphatic carbocycles. The Kier molecular flexibility index (Phi) is 3.79. The lowest BCUT2D eigenvalue weighted by atomic mass is 10.1. The zero-order valence-electron chi connectivity index (χ0n) is 14.2. The Balaban J connectivity index is 1.34. The molecule has 2 aliphatic rings. The number of benzene rings is 2. The highest BCUT2D eigenvalue weighted by atomic mass is 35.5. The van der Waals surface area contributed by atoms with Crippen LogP contribution in [0.2, 0.25) is 5.02 Å². The molecule has 2 heterocycles. The summed E-state index contributed by atoms with van der Waals surface area (Å²) in [4.78, 5) is 12.7. The summed E-state index contributed by atoms with van der Waals surface area (Å²) in [6.07, 6.45) is 2.48. The van der Waals surface area contributed by atoms with Crippen LogP contribution in [0, 0.1) is 5.92 Å². The zero-order valence-corrected chi connectivity index (χ0v) is 15.0. The number of fused-ring (bicyclic) bond motifs is 1. The number of nitrogens with zero attached hydrogens (tertiary/aromatic N) is 1. The fourth-order valence-corrected chi connectivity index (χ4v) is 3.76. The van der Waals surface area contributed by atoms with Crippen LogP contribution < -0.4 is 14.8 Å². The number of carbonyl (C=O) groups excluding carboxylic acids is 1. The van der Waals surface area contributed by atoms with Crippen molar-refractivity contribution < 1.29 is 14.3 Å². The predicted molar refractivity (Wildman–Crippen MR) is 101 cm³/mol. The van der Waals surface area contributed by atoms with Crippen LogP contribution >= 0.6 is 11.6 Å². The molecule has 1 fully saturated rings. The predicted octanol–water partition coefficient (Wildman–Crippen LogP) is 4.20. The molecule has 1 aliphatic heterocycles. The number of carbonyl (C=O) groups is 1. The number of amides is 1. The first-order valence-electron chi connectivity index (χ1n) is 8.69. The molecule has 27 heavy (non-hydrogen) atoms. The number of aromatic nitrogens is 2. The Morgan fingerprint density at radius 3 is 2.93 bits per heavy atom. The van der Waals surface area contributed by atoms with Crippen LogP contribution in [0.25, 0.3) is 11.1 Å². The third-order valence-corrected chi connectivity index (χ3v) is 5.35. The van der Waals surface area contributed by atoms with E-state index in [1.165, 1.54) is 0 Å². The Morgan fingerprint density at radius 1 is 1.19 bits per heavy atom. The first-order valence-corrected chi connectivity index (χ1v) is 9.07. The number of hydrogen-bond acceptors (Lipinski definition) is 4. The third-order valence-electron chi connectivity index (χ3n) is 5.00. The van der Waals surface area contributed by atoms with Gasteiger partial charge in [-0.2, -0.15) is 5.10 Å². The van der Waals surface area contributed by atoms with Crippen molar-refractivity contribution >= 4 is 23.3 Å². The molecule has 5 rings (SSSR count). The Bertz CT molecular complexity index is 1030. The lowest BCUT2D eigenvalue weighted by molar-refractivity contribution is -0.117. The Labute approximate surface area is 160 Å². The minimum absolute atomic E-state index is 0.0360. The second-order valence-corrected chi connectivity index (χ2v) is 7.09. The van der Waals surface area contributed by atoms with Gasteiger partial charge in [-0.15, -0.1) is 0 Å². The lowest BCUT2D eigenvalue weighted by Crippen LogP contribution is -2.15. The van der Waals surface area contributed by atoms with E-state index in [0.717, 1.165) is 23.1 Å². The molecule has 1 saturated carbocycles. The maximum absolute atomic E-state index is 12.7. The van der Waals surface area contributed by atoms with E-state index in [9.17, 15) is 4.79 Å². The SMILES string of the molecule is O=C(Nc1[nH]ncc1-c1ccc2c(c1)OCO2)[C@@H]1C[C@H]1c1ccccc1Cl. The quantitative estimate of drug-likeness (QED) is 0.710. The van der Waals surface area contributed by atoms with Gasteiger partial charge in [-0.1, -0.05) is 35.9 Å². The molecule has 2 aromatic carbocycles. The van der Waals surface area contributed by atoms with Crippen molar-refractivity contribution in [3.05, 3.63) is 59.2 Å². The van der Waals surface area contributed by atoms with Crippen molar-refractivity contribution in [2.45, 2.75) is 12.3 Å². The van der Waals surface area contributed by atoms with E-state index in [1.54, 1.807) is 6.20 Å². The molecule has 0 saturated heterocycles. The van der Waals surface area contributed by atoms with Gasteiger partial charge < -0.3 is 14.8 Å². The molecule has 0 bridgehead atoms. The Hall–Kier alpha value is -2.99. The van der Waals surface area contributed by atoms with Gasteiger partial charge in [0.2, 0.25) is 12.7 Å². The number of anilines is 1. The monoisotopic (exact) mass is 381 g/mol. The summed E-state index contributed by atoms with van der Waals surface area (Å²) in [5, 5.41) is 10.6. The van der Waals surface area contributed by atoms with E-state index in [-0.39, 0.29) is 24.5 Å². The standard InChI is InChI=1S/C20H16ClN3O3/c21-16-4-2-1-3-12(16)13-8-14(13)20(25)23-19-15(9-22-24-19)11-5-6-17-18(7-11)27-10-26-17/h1-7,9,13-14H,8,10H2,(H2,22,23,24,25)/t13-,14+/m0/s1. The van der Waals surface area contributed by atoms with Crippen LogP contribution in [-0.4, -0.2) is 22.9 Å². The molecule has 0 unspecified atom stereocenters. The normalized spacial score (nSPS) is 19.7. The molecule has 6 nitrogen and oxygen atoms in total. The summed E-state index contributed by atoms with van der Waals surface area (Å²) < 4.78 is 10.8. The fourth-order valence-electron chi connectivity index (χ4n) is 3.48. The molecule has 1 amide bonds. The van der Waals surface area contributed by atoms with Gasteiger partial charge in [0.1, 0.15) is 5.82 Å². The number of aromatic amines is 1. The lowest BCUT2D eigenvalue weighted by Gasteiger charge is -2.07. The number of halogens is 1.